The maximum Gasteiger partial charge on any atom is 0.256 e. The molecule has 164 valence electrons. The number of hydrogen-bond acceptors (Lipinski definition) is 3. The Hall–Kier alpha value is -3.71. The smallest absolute Gasteiger partial charge is 0.256 e. The molecule has 6 nitrogen and oxygen atoms in total. The van der Waals surface area contributed by atoms with Crippen molar-refractivity contribution in [1.29, 1.82) is 0 Å². The van der Waals surface area contributed by atoms with Crippen molar-refractivity contribution in [2.45, 2.75) is 13.0 Å². The van der Waals surface area contributed by atoms with Crippen LogP contribution in [0.4, 0.5) is 4.39 Å². The molecule has 0 aliphatic heterocycles. The molecule has 0 aliphatic rings. The largest absolute Gasteiger partial charge is 0.352 e. The number of aromatic nitrogens is 3. The van der Waals surface area contributed by atoms with Crippen LogP contribution in [0.5, 0.6) is 0 Å². The summed E-state index contributed by atoms with van der Waals surface area (Å²) in [7, 11) is 2.08. The SMILES string of the molecule is CN(CCCNC(=O)c1cnn(-c2ccc(F)cc2)c1-n1cccc1)Cc1ccccc1. The Bertz CT molecular complexity index is 1140. The summed E-state index contributed by atoms with van der Waals surface area (Å²) in [6.45, 7) is 2.30. The van der Waals surface area contributed by atoms with Gasteiger partial charge in [-0.1, -0.05) is 30.3 Å². The van der Waals surface area contributed by atoms with Gasteiger partial charge in [-0.2, -0.15) is 5.10 Å². The van der Waals surface area contributed by atoms with Crippen LogP contribution in [-0.4, -0.2) is 45.3 Å². The van der Waals surface area contributed by atoms with Crippen molar-refractivity contribution in [2.75, 3.05) is 20.1 Å². The fourth-order valence-corrected chi connectivity index (χ4v) is 3.62. The van der Waals surface area contributed by atoms with Gasteiger partial charge in [0.15, 0.2) is 5.82 Å². The number of benzene rings is 2. The van der Waals surface area contributed by atoms with Gasteiger partial charge in [0.1, 0.15) is 11.4 Å². The second-order valence-electron chi connectivity index (χ2n) is 7.69. The molecule has 4 rings (SSSR count). The van der Waals surface area contributed by atoms with Crippen LogP contribution in [0.15, 0.2) is 85.3 Å². The van der Waals surface area contributed by atoms with Crippen molar-refractivity contribution in [1.82, 2.24) is 24.6 Å². The molecule has 32 heavy (non-hydrogen) atoms. The molecule has 0 spiro atoms. The van der Waals surface area contributed by atoms with Crippen LogP contribution >= 0.6 is 0 Å². The number of carbonyl (C=O) groups excluding carboxylic acids is 1. The lowest BCUT2D eigenvalue weighted by molar-refractivity contribution is 0.0952. The molecule has 1 N–H and O–H groups in total. The van der Waals surface area contributed by atoms with Gasteiger partial charge >= 0.3 is 0 Å². The highest BCUT2D eigenvalue weighted by Gasteiger charge is 2.19. The molecule has 0 radical (unpaired) electrons. The topological polar surface area (TPSA) is 55.1 Å². The summed E-state index contributed by atoms with van der Waals surface area (Å²) < 4.78 is 16.8. The maximum absolute atomic E-state index is 13.4. The quantitative estimate of drug-likeness (QED) is 0.407. The van der Waals surface area contributed by atoms with E-state index in [2.05, 4.69) is 34.5 Å². The lowest BCUT2D eigenvalue weighted by atomic mass is 10.2. The van der Waals surface area contributed by atoms with Crippen LogP contribution in [0.25, 0.3) is 11.5 Å². The zero-order valence-corrected chi connectivity index (χ0v) is 18.0. The normalized spacial score (nSPS) is 11.1. The standard InChI is InChI=1S/C25H26FN5O/c1-29(19-20-8-3-2-4-9-20)15-7-14-27-24(32)23-18-28-31(22-12-10-21(26)11-13-22)25(23)30-16-5-6-17-30/h2-6,8-13,16-18H,7,14-15,19H2,1H3,(H,27,32). The number of nitrogens with one attached hydrogen (secondary N) is 1. The Morgan fingerprint density at radius 3 is 2.47 bits per heavy atom. The molecule has 4 aromatic rings. The minimum Gasteiger partial charge on any atom is -0.352 e. The lowest BCUT2D eigenvalue weighted by Crippen LogP contribution is -2.28. The molecular weight excluding hydrogens is 405 g/mol. The van der Waals surface area contributed by atoms with Crippen molar-refractivity contribution in [2.24, 2.45) is 0 Å². The molecule has 2 aromatic carbocycles. The van der Waals surface area contributed by atoms with Gasteiger partial charge < -0.3 is 14.8 Å². The minimum absolute atomic E-state index is 0.187. The highest BCUT2D eigenvalue weighted by molar-refractivity contribution is 5.97. The van der Waals surface area contributed by atoms with E-state index in [1.807, 2.05) is 47.3 Å². The fourth-order valence-electron chi connectivity index (χ4n) is 3.62. The van der Waals surface area contributed by atoms with Crippen molar-refractivity contribution in [3.63, 3.8) is 0 Å². The van der Waals surface area contributed by atoms with E-state index in [1.165, 1.54) is 17.7 Å². The Labute approximate surface area is 186 Å². The summed E-state index contributed by atoms with van der Waals surface area (Å²) in [5, 5.41) is 7.40. The Kier molecular flexibility index (Phi) is 6.77. The van der Waals surface area contributed by atoms with Gasteiger partial charge in [-0.3, -0.25) is 4.79 Å². The van der Waals surface area contributed by atoms with Crippen molar-refractivity contribution >= 4 is 5.91 Å². The summed E-state index contributed by atoms with van der Waals surface area (Å²) in [6, 6.07) is 20.1. The molecule has 2 heterocycles. The van der Waals surface area contributed by atoms with Crippen LogP contribution < -0.4 is 5.32 Å². The first kappa shape index (κ1) is 21.5. The van der Waals surface area contributed by atoms with Crippen molar-refractivity contribution < 1.29 is 9.18 Å². The third kappa shape index (κ3) is 5.12. The van der Waals surface area contributed by atoms with E-state index < -0.39 is 0 Å². The Morgan fingerprint density at radius 2 is 1.75 bits per heavy atom. The van der Waals surface area contributed by atoms with E-state index in [9.17, 15) is 9.18 Å². The fraction of sp³-hybridized carbons (Fsp3) is 0.200. The van der Waals surface area contributed by atoms with E-state index >= 15 is 0 Å². The zero-order valence-electron chi connectivity index (χ0n) is 18.0. The average molecular weight is 432 g/mol. The number of nitrogens with zero attached hydrogens (tertiary/aromatic N) is 4. The summed E-state index contributed by atoms with van der Waals surface area (Å²) in [5.74, 6) is 0.103. The maximum atomic E-state index is 13.4. The first-order chi connectivity index (χ1) is 15.6. The molecule has 7 heteroatoms. The molecule has 0 aliphatic carbocycles. The van der Waals surface area contributed by atoms with E-state index in [0.29, 0.717) is 23.6 Å². The van der Waals surface area contributed by atoms with E-state index in [1.54, 1.807) is 23.0 Å². The van der Waals surface area contributed by atoms with Gasteiger partial charge in [0.2, 0.25) is 0 Å². The summed E-state index contributed by atoms with van der Waals surface area (Å²) in [5.41, 5.74) is 2.41. The lowest BCUT2D eigenvalue weighted by Gasteiger charge is -2.17. The van der Waals surface area contributed by atoms with Crippen LogP contribution in [0, 0.1) is 5.82 Å². The average Bonchev–Trinajstić information content (AvgIpc) is 3.47. The second kappa shape index (κ2) is 10.1. The molecule has 0 unspecified atom stereocenters. The van der Waals surface area contributed by atoms with Gasteiger partial charge in [0, 0.05) is 25.5 Å². The molecule has 0 saturated carbocycles. The number of hydrogen-bond donors (Lipinski definition) is 1. The molecule has 0 saturated heterocycles. The van der Waals surface area contributed by atoms with Gasteiger partial charge in [0.05, 0.1) is 11.9 Å². The predicted molar refractivity (Wildman–Crippen MR) is 123 cm³/mol. The van der Waals surface area contributed by atoms with Crippen LogP contribution in [0.1, 0.15) is 22.3 Å². The van der Waals surface area contributed by atoms with Crippen LogP contribution in [0.3, 0.4) is 0 Å². The first-order valence-electron chi connectivity index (χ1n) is 10.6. The predicted octanol–water partition coefficient (Wildman–Crippen LogP) is 4.05. The second-order valence-corrected chi connectivity index (χ2v) is 7.69. The Balaban J connectivity index is 1.40. The number of halogens is 1. The van der Waals surface area contributed by atoms with Crippen molar-refractivity contribution in [3.05, 3.63) is 102 Å². The summed E-state index contributed by atoms with van der Waals surface area (Å²) >= 11 is 0. The summed E-state index contributed by atoms with van der Waals surface area (Å²) in [4.78, 5) is 15.2. The Morgan fingerprint density at radius 1 is 1.03 bits per heavy atom. The third-order valence-electron chi connectivity index (χ3n) is 5.21. The highest BCUT2D eigenvalue weighted by Crippen LogP contribution is 2.20. The molecular formula is C25H26FN5O. The molecule has 0 fully saturated rings. The molecule has 2 aromatic heterocycles. The third-order valence-corrected chi connectivity index (χ3v) is 5.21. The van der Waals surface area contributed by atoms with Gasteiger partial charge in [-0.25, -0.2) is 9.07 Å². The number of carbonyl (C=O) groups is 1. The summed E-state index contributed by atoms with van der Waals surface area (Å²) in [6.07, 6.45) is 6.09. The van der Waals surface area contributed by atoms with Crippen LogP contribution in [0.2, 0.25) is 0 Å². The van der Waals surface area contributed by atoms with Gasteiger partial charge in [-0.15, -0.1) is 0 Å². The molecule has 0 atom stereocenters. The monoisotopic (exact) mass is 431 g/mol. The highest BCUT2D eigenvalue weighted by atomic mass is 19.1. The number of rotatable bonds is 9. The van der Waals surface area contributed by atoms with E-state index in [0.717, 1.165) is 19.5 Å². The minimum atomic E-state index is -0.321. The van der Waals surface area contributed by atoms with Crippen LogP contribution in [-0.2, 0) is 6.54 Å². The zero-order chi connectivity index (χ0) is 22.3. The molecule has 0 bridgehead atoms. The van der Waals surface area contributed by atoms with Gasteiger partial charge in [0.25, 0.3) is 5.91 Å². The molecule has 1 amide bonds. The van der Waals surface area contributed by atoms with Crippen molar-refractivity contribution in [3.8, 4) is 11.5 Å². The van der Waals surface area contributed by atoms with Gasteiger partial charge in [-0.05, 0) is 62.0 Å². The first-order valence-corrected chi connectivity index (χ1v) is 10.6. The van der Waals surface area contributed by atoms with E-state index in [4.69, 9.17) is 0 Å². The van der Waals surface area contributed by atoms with E-state index in [-0.39, 0.29) is 11.7 Å². The number of amides is 1.